The van der Waals surface area contributed by atoms with Crippen molar-refractivity contribution in [3.8, 4) is 0 Å². The summed E-state index contributed by atoms with van der Waals surface area (Å²) in [5, 5.41) is 3.37. The van der Waals surface area contributed by atoms with E-state index in [2.05, 4.69) is 30.4 Å². The van der Waals surface area contributed by atoms with Crippen molar-refractivity contribution in [3.05, 3.63) is 34.9 Å². The van der Waals surface area contributed by atoms with E-state index in [9.17, 15) is 0 Å². The Hall–Kier alpha value is -0.820. The molecule has 15 heavy (non-hydrogen) atoms. The Kier molecular flexibility index (Phi) is 3.79. The van der Waals surface area contributed by atoms with E-state index < -0.39 is 0 Å². The Morgan fingerprint density at radius 1 is 1.20 bits per heavy atom. The number of hydrogen-bond acceptors (Lipinski definition) is 1. The highest BCUT2D eigenvalue weighted by molar-refractivity contribution is 5.35. The van der Waals surface area contributed by atoms with Gasteiger partial charge in [0.05, 0.1) is 0 Å². The van der Waals surface area contributed by atoms with E-state index >= 15 is 0 Å². The Labute approximate surface area is 92.9 Å². The fraction of sp³-hybridized carbons (Fsp3) is 0.571. The first-order valence-electron chi connectivity index (χ1n) is 6.21. The van der Waals surface area contributed by atoms with Crippen molar-refractivity contribution in [1.82, 2.24) is 5.32 Å². The molecule has 1 N–H and O–H groups in total. The van der Waals surface area contributed by atoms with Gasteiger partial charge in [-0.15, -0.1) is 0 Å². The number of rotatable bonds is 5. The van der Waals surface area contributed by atoms with Gasteiger partial charge in [-0.05, 0) is 61.9 Å². The van der Waals surface area contributed by atoms with Gasteiger partial charge < -0.3 is 5.32 Å². The summed E-state index contributed by atoms with van der Waals surface area (Å²) in [6.45, 7) is 4.40. The lowest BCUT2D eigenvalue weighted by Gasteiger charge is -2.05. The highest BCUT2D eigenvalue weighted by atomic mass is 14.8. The molecule has 82 valence electrons. The summed E-state index contributed by atoms with van der Waals surface area (Å²) in [6.07, 6.45) is 6.44. The second-order valence-electron chi connectivity index (χ2n) is 4.41. The number of hydrogen-bond donors (Lipinski definition) is 1. The zero-order valence-corrected chi connectivity index (χ0v) is 9.68. The van der Waals surface area contributed by atoms with Crippen LogP contribution in [0.4, 0.5) is 0 Å². The third kappa shape index (κ3) is 2.82. The third-order valence-electron chi connectivity index (χ3n) is 3.23. The first kappa shape index (κ1) is 10.7. The van der Waals surface area contributed by atoms with Gasteiger partial charge in [0.2, 0.25) is 0 Å². The van der Waals surface area contributed by atoms with Crippen molar-refractivity contribution in [2.75, 3.05) is 13.1 Å². The Morgan fingerprint density at radius 3 is 2.93 bits per heavy atom. The van der Waals surface area contributed by atoms with E-state index in [0.29, 0.717) is 0 Å². The quantitative estimate of drug-likeness (QED) is 0.726. The highest BCUT2D eigenvalue weighted by Gasteiger charge is 2.10. The maximum Gasteiger partial charge on any atom is -0.00459 e. The molecule has 0 saturated carbocycles. The molecule has 1 aliphatic rings. The first-order chi connectivity index (χ1) is 7.40. The molecule has 0 radical (unpaired) electrons. The van der Waals surface area contributed by atoms with Gasteiger partial charge >= 0.3 is 0 Å². The molecule has 0 spiro atoms. The molecular weight excluding hydrogens is 182 g/mol. The minimum absolute atomic E-state index is 1.09. The molecule has 0 atom stereocenters. The van der Waals surface area contributed by atoms with Crippen LogP contribution in [-0.2, 0) is 19.3 Å². The molecule has 0 heterocycles. The van der Waals surface area contributed by atoms with Gasteiger partial charge in [0.15, 0.2) is 0 Å². The fourth-order valence-corrected chi connectivity index (χ4v) is 2.37. The smallest absolute Gasteiger partial charge is 0.00459 e. The van der Waals surface area contributed by atoms with E-state index in [1.165, 1.54) is 37.7 Å². The molecule has 0 aliphatic heterocycles. The Balaban J connectivity index is 1.87. The van der Waals surface area contributed by atoms with Crippen molar-refractivity contribution >= 4 is 0 Å². The minimum Gasteiger partial charge on any atom is -0.317 e. The third-order valence-corrected chi connectivity index (χ3v) is 3.23. The van der Waals surface area contributed by atoms with Gasteiger partial charge in [-0.25, -0.2) is 0 Å². The molecule has 0 saturated heterocycles. The predicted molar refractivity (Wildman–Crippen MR) is 65.3 cm³/mol. The number of aryl methyl sites for hydroxylation is 3. The zero-order chi connectivity index (χ0) is 10.5. The van der Waals surface area contributed by atoms with E-state index in [0.717, 1.165) is 13.1 Å². The first-order valence-corrected chi connectivity index (χ1v) is 6.21. The minimum atomic E-state index is 1.09. The van der Waals surface area contributed by atoms with Crippen molar-refractivity contribution in [1.29, 1.82) is 0 Å². The van der Waals surface area contributed by atoms with Gasteiger partial charge in [-0.2, -0.15) is 0 Å². The van der Waals surface area contributed by atoms with Gasteiger partial charge in [-0.3, -0.25) is 0 Å². The molecule has 1 aromatic carbocycles. The maximum atomic E-state index is 3.37. The summed E-state index contributed by atoms with van der Waals surface area (Å²) < 4.78 is 0. The van der Waals surface area contributed by atoms with Crippen molar-refractivity contribution < 1.29 is 0 Å². The van der Waals surface area contributed by atoms with E-state index in [1.54, 1.807) is 11.1 Å². The van der Waals surface area contributed by atoms with Crippen LogP contribution in [0.2, 0.25) is 0 Å². The lowest BCUT2D eigenvalue weighted by molar-refractivity contribution is 0.672. The molecule has 1 nitrogen and oxygen atoms in total. The van der Waals surface area contributed by atoms with Crippen LogP contribution < -0.4 is 5.32 Å². The average molecular weight is 203 g/mol. The van der Waals surface area contributed by atoms with E-state index in [1.807, 2.05) is 0 Å². The lowest BCUT2D eigenvalue weighted by atomic mass is 10.0. The van der Waals surface area contributed by atoms with E-state index in [4.69, 9.17) is 0 Å². The predicted octanol–water partition coefficient (Wildman–Crippen LogP) is 2.72. The summed E-state index contributed by atoms with van der Waals surface area (Å²) in [6, 6.07) is 7.08. The Morgan fingerprint density at radius 2 is 2.07 bits per heavy atom. The summed E-state index contributed by atoms with van der Waals surface area (Å²) in [5.41, 5.74) is 4.72. The Bertz CT molecular complexity index is 317. The number of fused-ring (bicyclic) bond motifs is 1. The monoisotopic (exact) mass is 203 g/mol. The molecule has 0 amide bonds. The summed E-state index contributed by atoms with van der Waals surface area (Å²) in [5.74, 6) is 0. The van der Waals surface area contributed by atoms with Crippen LogP contribution in [0.25, 0.3) is 0 Å². The van der Waals surface area contributed by atoms with Crippen molar-refractivity contribution in [3.63, 3.8) is 0 Å². The maximum absolute atomic E-state index is 3.37. The summed E-state index contributed by atoms with van der Waals surface area (Å²) in [7, 11) is 0. The molecule has 0 bridgehead atoms. The van der Waals surface area contributed by atoms with Gasteiger partial charge in [-0.1, -0.05) is 25.1 Å². The highest BCUT2D eigenvalue weighted by Crippen LogP contribution is 2.23. The largest absolute Gasteiger partial charge is 0.317 e. The van der Waals surface area contributed by atoms with Gasteiger partial charge in [0, 0.05) is 0 Å². The van der Waals surface area contributed by atoms with Gasteiger partial charge in [0.1, 0.15) is 0 Å². The molecular formula is C14H21N. The topological polar surface area (TPSA) is 12.0 Å². The van der Waals surface area contributed by atoms with Crippen molar-refractivity contribution in [2.24, 2.45) is 0 Å². The molecule has 0 fully saturated rings. The second kappa shape index (κ2) is 5.32. The molecule has 1 heteroatoms. The molecule has 0 aromatic heterocycles. The van der Waals surface area contributed by atoms with Crippen LogP contribution in [-0.4, -0.2) is 13.1 Å². The van der Waals surface area contributed by atoms with Crippen LogP contribution in [0.15, 0.2) is 18.2 Å². The number of nitrogens with one attached hydrogen (secondary N) is 1. The summed E-state index contributed by atoms with van der Waals surface area (Å²) >= 11 is 0. The summed E-state index contributed by atoms with van der Waals surface area (Å²) in [4.78, 5) is 0. The van der Waals surface area contributed by atoms with Crippen molar-refractivity contribution in [2.45, 2.75) is 39.0 Å². The molecule has 2 rings (SSSR count). The van der Waals surface area contributed by atoms with E-state index in [-0.39, 0.29) is 0 Å². The lowest BCUT2D eigenvalue weighted by Crippen LogP contribution is -2.14. The normalized spacial score (nSPS) is 14.2. The molecule has 1 aromatic rings. The van der Waals surface area contributed by atoms with Crippen LogP contribution in [0, 0.1) is 0 Å². The number of benzene rings is 1. The van der Waals surface area contributed by atoms with Crippen LogP contribution in [0.1, 0.15) is 36.5 Å². The fourth-order valence-electron chi connectivity index (χ4n) is 2.37. The van der Waals surface area contributed by atoms with Crippen LogP contribution in [0.3, 0.4) is 0 Å². The van der Waals surface area contributed by atoms with Crippen LogP contribution >= 0.6 is 0 Å². The zero-order valence-electron chi connectivity index (χ0n) is 9.68. The second-order valence-corrected chi connectivity index (χ2v) is 4.41. The molecule has 1 aliphatic carbocycles. The standard InChI is InChI=1S/C14H21N/c1-2-15-10-4-5-12-8-9-13-6-3-7-14(13)11-12/h8-9,11,15H,2-7,10H2,1H3. The van der Waals surface area contributed by atoms with Crippen LogP contribution in [0.5, 0.6) is 0 Å². The molecule has 0 unspecified atom stereocenters. The average Bonchev–Trinajstić information content (AvgIpc) is 2.71. The van der Waals surface area contributed by atoms with Gasteiger partial charge in [0.25, 0.3) is 0 Å². The SMILES string of the molecule is CCNCCCc1ccc2c(c1)CCC2.